The van der Waals surface area contributed by atoms with Gasteiger partial charge in [-0.15, -0.1) is 0 Å². The van der Waals surface area contributed by atoms with E-state index in [9.17, 15) is 9.59 Å². The van der Waals surface area contributed by atoms with Crippen molar-refractivity contribution in [1.29, 1.82) is 0 Å². The van der Waals surface area contributed by atoms with Crippen molar-refractivity contribution in [1.82, 2.24) is 9.88 Å². The minimum atomic E-state index is -0.322. The summed E-state index contributed by atoms with van der Waals surface area (Å²) in [5.41, 5.74) is 0.951. The first-order chi connectivity index (χ1) is 14.7. The normalized spacial score (nSPS) is 14.2. The lowest BCUT2D eigenvalue weighted by molar-refractivity contribution is -0.120. The highest BCUT2D eigenvalue weighted by atomic mass is 16.5. The number of nitrogens with zero attached hydrogens (tertiary/aromatic N) is 3. The van der Waals surface area contributed by atoms with Crippen LogP contribution in [-0.2, 0) is 9.53 Å². The smallest absolute Gasteiger partial charge is 0.291 e. The Morgan fingerprint density at radius 3 is 2.60 bits per heavy atom. The van der Waals surface area contributed by atoms with Crippen LogP contribution in [0.1, 0.15) is 17.5 Å². The molecule has 8 nitrogen and oxygen atoms in total. The number of hydrogen-bond donors (Lipinski definition) is 1. The van der Waals surface area contributed by atoms with E-state index >= 15 is 0 Å². The van der Waals surface area contributed by atoms with E-state index in [2.05, 4.69) is 15.2 Å². The minimum absolute atomic E-state index is 0.0770. The van der Waals surface area contributed by atoms with Gasteiger partial charge in [-0.1, -0.05) is 18.2 Å². The summed E-state index contributed by atoms with van der Waals surface area (Å²) in [7, 11) is 0. The highest BCUT2D eigenvalue weighted by Crippen LogP contribution is 2.32. The Kier molecular flexibility index (Phi) is 5.94. The molecule has 1 fully saturated rings. The fourth-order valence-corrected chi connectivity index (χ4v) is 3.51. The maximum Gasteiger partial charge on any atom is 0.291 e. The van der Waals surface area contributed by atoms with Crippen LogP contribution in [-0.4, -0.2) is 61.1 Å². The van der Waals surface area contributed by atoms with Gasteiger partial charge < -0.3 is 24.3 Å². The second kappa shape index (κ2) is 8.96. The van der Waals surface area contributed by atoms with Gasteiger partial charge in [0.2, 0.25) is 11.7 Å². The molecule has 0 radical (unpaired) electrons. The van der Waals surface area contributed by atoms with Gasteiger partial charge in [0.1, 0.15) is 23.7 Å². The minimum Gasteiger partial charge on any atom is -0.449 e. The molecule has 1 aromatic carbocycles. The number of rotatable bonds is 6. The molecule has 0 saturated carbocycles. The fraction of sp³-hybridized carbons (Fsp3) is 0.318. The van der Waals surface area contributed by atoms with Crippen molar-refractivity contribution in [3.63, 3.8) is 0 Å². The molecule has 1 saturated heterocycles. The molecule has 3 aromatic rings. The van der Waals surface area contributed by atoms with Crippen molar-refractivity contribution in [3.8, 4) is 0 Å². The van der Waals surface area contributed by atoms with E-state index in [0.29, 0.717) is 49.4 Å². The molecule has 1 aliphatic heterocycles. The SMILES string of the molecule is CCOCC(=O)Nc1c(C(=O)N2CCN(c3ccccn3)CC2)oc2ccccc12. The van der Waals surface area contributed by atoms with E-state index in [4.69, 9.17) is 9.15 Å². The van der Waals surface area contributed by atoms with Crippen LogP contribution in [0.4, 0.5) is 11.5 Å². The van der Waals surface area contributed by atoms with Crippen LogP contribution in [0.15, 0.2) is 53.1 Å². The van der Waals surface area contributed by atoms with Crippen LogP contribution in [0.2, 0.25) is 0 Å². The Bertz CT molecular complexity index is 1030. The van der Waals surface area contributed by atoms with Crippen molar-refractivity contribution >= 4 is 34.3 Å². The topological polar surface area (TPSA) is 87.9 Å². The molecule has 4 rings (SSSR count). The number of pyridine rings is 1. The summed E-state index contributed by atoms with van der Waals surface area (Å²) in [4.78, 5) is 33.8. The van der Waals surface area contributed by atoms with Crippen molar-refractivity contribution in [2.75, 3.05) is 49.6 Å². The average Bonchev–Trinajstić information content (AvgIpc) is 3.16. The van der Waals surface area contributed by atoms with E-state index < -0.39 is 0 Å². The largest absolute Gasteiger partial charge is 0.449 e. The number of amides is 2. The van der Waals surface area contributed by atoms with Gasteiger partial charge in [-0.25, -0.2) is 4.98 Å². The molecule has 8 heteroatoms. The van der Waals surface area contributed by atoms with E-state index in [1.165, 1.54) is 0 Å². The van der Waals surface area contributed by atoms with Gasteiger partial charge in [-0.2, -0.15) is 0 Å². The molecule has 0 unspecified atom stereocenters. The third-order valence-electron chi connectivity index (χ3n) is 5.03. The summed E-state index contributed by atoms with van der Waals surface area (Å²) in [6, 6.07) is 13.1. The Morgan fingerprint density at radius 1 is 1.10 bits per heavy atom. The molecule has 1 aliphatic rings. The predicted octanol–water partition coefficient (Wildman–Crippen LogP) is 2.77. The molecular formula is C22H24N4O4. The number of furan rings is 1. The summed E-state index contributed by atoms with van der Waals surface area (Å²) in [5.74, 6) is 0.487. The van der Waals surface area contributed by atoms with Gasteiger partial charge >= 0.3 is 0 Å². The number of anilines is 2. The number of carbonyl (C=O) groups excluding carboxylic acids is 2. The van der Waals surface area contributed by atoms with Gasteiger partial charge in [0, 0.05) is 44.4 Å². The molecule has 156 valence electrons. The van der Waals surface area contributed by atoms with Crippen LogP contribution in [0.25, 0.3) is 11.0 Å². The van der Waals surface area contributed by atoms with E-state index in [0.717, 1.165) is 5.82 Å². The van der Waals surface area contributed by atoms with Crippen LogP contribution in [0.5, 0.6) is 0 Å². The number of hydrogen-bond acceptors (Lipinski definition) is 6. The molecule has 3 heterocycles. The summed E-state index contributed by atoms with van der Waals surface area (Å²) in [5, 5.41) is 3.49. The summed E-state index contributed by atoms with van der Waals surface area (Å²) >= 11 is 0. The van der Waals surface area contributed by atoms with E-state index in [-0.39, 0.29) is 24.2 Å². The predicted molar refractivity (Wildman–Crippen MR) is 114 cm³/mol. The molecule has 0 spiro atoms. The number of carbonyl (C=O) groups is 2. The number of nitrogens with one attached hydrogen (secondary N) is 1. The third kappa shape index (κ3) is 4.13. The molecule has 0 atom stereocenters. The van der Waals surface area contributed by atoms with Gasteiger partial charge in [0.05, 0.1) is 0 Å². The summed E-state index contributed by atoms with van der Waals surface area (Å²) < 4.78 is 11.0. The highest BCUT2D eigenvalue weighted by Gasteiger charge is 2.29. The van der Waals surface area contributed by atoms with Gasteiger partial charge in [0.25, 0.3) is 5.91 Å². The Balaban J connectivity index is 1.53. The molecule has 2 aromatic heterocycles. The number of aromatic nitrogens is 1. The van der Waals surface area contributed by atoms with Crippen LogP contribution < -0.4 is 10.2 Å². The first-order valence-electron chi connectivity index (χ1n) is 10.0. The second-order valence-corrected chi connectivity index (χ2v) is 6.95. The number of benzene rings is 1. The van der Waals surface area contributed by atoms with Crippen molar-refractivity contribution in [3.05, 3.63) is 54.4 Å². The number of ether oxygens (including phenoxy) is 1. The number of piperazine rings is 1. The number of fused-ring (bicyclic) bond motifs is 1. The quantitative estimate of drug-likeness (QED) is 0.675. The maximum absolute atomic E-state index is 13.2. The maximum atomic E-state index is 13.2. The molecule has 30 heavy (non-hydrogen) atoms. The lowest BCUT2D eigenvalue weighted by atomic mass is 10.2. The van der Waals surface area contributed by atoms with Crippen LogP contribution >= 0.6 is 0 Å². The fourth-order valence-electron chi connectivity index (χ4n) is 3.51. The van der Waals surface area contributed by atoms with Crippen molar-refractivity contribution in [2.24, 2.45) is 0 Å². The zero-order valence-corrected chi connectivity index (χ0v) is 16.8. The molecule has 1 N–H and O–H groups in total. The zero-order chi connectivity index (χ0) is 20.9. The van der Waals surface area contributed by atoms with Crippen molar-refractivity contribution < 1.29 is 18.7 Å². The Morgan fingerprint density at radius 2 is 1.87 bits per heavy atom. The lowest BCUT2D eigenvalue weighted by Crippen LogP contribution is -2.49. The lowest BCUT2D eigenvalue weighted by Gasteiger charge is -2.35. The van der Waals surface area contributed by atoms with Crippen molar-refractivity contribution in [2.45, 2.75) is 6.92 Å². The molecule has 2 amide bonds. The van der Waals surface area contributed by atoms with Crippen LogP contribution in [0.3, 0.4) is 0 Å². The Hall–Kier alpha value is -3.39. The van der Waals surface area contributed by atoms with Gasteiger partial charge in [-0.05, 0) is 31.2 Å². The first kappa shape index (κ1) is 19.9. The monoisotopic (exact) mass is 408 g/mol. The Labute approximate surface area is 174 Å². The van der Waals surface area contributed by atoms with Crippen LogP contribution in [0, 0.1) is 0 Å². The zero-order valence-electron chi connectivity index (χ0n) is 16.8. The standard InChI is InChI=1S/C22H24N4O4/c1-2-29-15-19(27)24-20-16-7-3-4-8-17(16)30-21(20)22(28)26-13-11-25(12-14-26)18-9-5-6-10-23-18/h3-10H,2,11-15H2,1H3,(H,24,27). The molecular weight excluding hydrogens is 384 g/mol. The molecule has 0 bridgehead atoms. The first-order valence-corrected chi connectivity index (χ1v) is 10.0. The second-order valence-electron chi connectivity index (χ2n) is 6.95. The third-order valence-corrected chi connectivity index (χ3v) is 5.03. The van der Waals surface area contributed by atoms with Gasteiger partial charge in [0.15, 0.2) is 0 Å². The molecule has 0 aliphatic carbocycles. The van der Waals surface area contributed by atoms with Gasteiger partial charge in [-0.3, -0.25) is 9.59 Å². The number of para-hydroxylation sites is 1. The summed E-state index contributed by atoms with van der Waals surface area (Å²) in [6.45, 7) is 4.61. The highest BCUT2D eigenvalue weighted by molar-refractivity contribution is 6.11. The average molecular weight is 408 g/mol. The summed E-state index contributed by atoms with van der Waals surface area (Å²) in [6.07, 6.45) is 1.76. The van der Waals surface area contributed by atoms with E-state index in [1.54, 1.807) is 17.2 Å². The van der Waals surface area contributed by atoms with E-state index in [1.807, 2.05) is 43.3 Å².